The molecular weight excluding hydrogens is 436 g/mol. The van der Waals surface area contributed by atoms with E-state index in [0.717, 1.165) is 16.7 Å². The molecule has 0 aromatic heterocycles. The van der Waals surface area contributed by atoms with Crippen molar-refractivity contribution in [1.82, 2.24) is 4.90 Å². The van der Waals surface area contributed by atoms with Gasteiger partial charge in [-0.2, -0.15) is 4.65 Å². The third kappa shape index (κ3) is 4.61. The summed E-state index contributed by atoms with van der Waals surface area (Å²) in [6.45, 7) is 3.50. The highest BCUT2D eigenvalue weighted by atomic mass is 16.6. The molecule has 1 atom stereocenters. The molecule has 178 valence electrons. The first-order chi connectivity index (χ1) is 16.4. The van der Waals surface area contributed by atoms with Crippen molar-refractivity contribution in [2.75, 3.05) is 26.3 Å². The van der Waals surface area contributed by atoms with Gasteiger partial charge >= 0.3 is 0 Å². The number of carbonyl (C=O) groups excluding carboxylic acids is 3. The van der Waals surface area contributed by atoms with E-state index in [1.165, 1.54) is 0 Å². The number of fused-ring (bicyclic) bond motifs is 1. The normalized spacial score (nSPS) is 22.1. The predicted octanol–water partition coefficient (Wildman–Crippen LogP) is 2.65. The Morgan fingerprint density at radius 2 is 1.76 bits per heavy atom. The number of quaternary nitrogens is 1. The van der Waals surface area contributed by atoms with E-state index in [-0.39, 0.29) is 28.5 Å². The molecule has 2 fully saturated rings. The van der Waals surface area contributed by atoms with Crippen LogP contribution in [-0.2, 0) is 34.0 Å². The van der Waals surface area contributed by atoms with Gasteiger partial charge in [-0.1, -0.05) is 30.3 Å². The smallest absolute Gasteiger partial charge is 0.255 e. The Bertz CT molecular complexity index is 1110. The van der Waals surface area contributed by atoms with Crippen LogP contribution in [0, 0.1) is 0 Å². The molecule has 8 heteroatoms. The summed E-state index contributed by atoms with van der Waals surface area (Å²) in [5, 5.41) is 10.7. The fourth-order valence-electron chi connectivity index (χ4n) is 4.98. The lowest BCUT2D eigenvalue weighted by molar-refractivity contribution is -1.12. The van der Waals surface area contributed by atoms with Crippen LogP contribution >= 0.6 is 0 Å². The van der Waals surface area contributed by atoms with Gasteiger partial charge in [0.1, 0.15) is 37.8 Å². The highest BCUT2D eigenvalue weighted by Gasteiger charge is 2.40. The fourth-order valence-corrected chi connectivity index (χ4v) is 4.98. The molecular formula is C26H29N2O6+. The molecule has 1 N–H and O–H groups in total. The molecule has 34 heavy (non-hydrogen) atoms. The lowest BCUT2D eigenvalue weighted by atomic mass is 9.92. The van der Waals surface area contributed by atoms with Crippen molar-refractivity contribution in [3.63, 3.8) is 0 Å². The average molecular weight is 466 g/mol. The summed E-state index contributed by atoms with van der Waals surface area (Å²) in [6, 6.07) is 12.8. The van der Waals surface area contributed by atoms with Crippen LogP contribution in [0.25, 0.3) is 0 Å². The molecule has 2 heterocycles. The maximum absolute atomic E-state index is 13.0. The number of Topliss-reactive ketones (excluding diaryl/α,β-unsaturated/α-hetero) is 2. The summed E-state index contributed by atoms with van der Waals surface area (Å²) in [7, 11) is 0. The monoisotopic (exact) mass is 465 g/mol. The van der Waals surface area contributed by atoms with Gasteiger partial charge in [0.2, 0.25) is 0 Å². The van der Waals surface area contributed by atoms with Crippen LogP contribution in [0.3, 0.4) is 0 Å². The Morgan fingerprint density at radius 1 is 1.03 bits per heavy atom. The number of morpholine rings is 1. The van der Waals surface area contributed by atoms with Crippen molar-refractivity contribution in [3.05, 3.63) is 64.7 Å². The number of hydrogen-bond acceptors (Lipinski definition) is 6. The number of ketones is 2. The first-order valence-electron chi connectivity index (χ1n) is 11.8. The van der Waals surface area contributed by atoms with Crippen LogP contribution in [-0.4, -0.2) is 64.6 Å². The third-order valence-electron chi connectivity index (χ3n) is 6.97. The number of carbonyl (C=O) groups is 3. The minimum atomic E-state index is -0.540. The van der Waals surface area contributed by atoms with E-state index in [1.807, 2.05) is 30.3 Å². The molecule has 1 saturated carbocycles. The minimum absolute atomic E-state index is 0.00577. The summed E-state index contributed by atoms with van der Waals surface area (Å²) in [5.74, 6) is 0.219. The zero-order chi connectivity index (χ0) is 23.7. The molecule has 1 amide bonds. The Balaban J connectivity index is 1.24. The van der Waals surface area contributed by atoms with E-state index < -0.39 is 6.04 Å². The van der Waals surface area contributed by atoms with Crippen LogP contribution in [0.4, 0.5) is 0 Å². The highest BCUT2D eigenvalue weighted by Crippen LogP contribution is 2.34. The highest BCUT2D eigenvalue weighted by molar-refractivity contribution is 6.07. The summed E-state index contributed by atoms with van der Waals surface area (Å²) in [5.41, 5.74) is 3.37. The number of benzene rings is 2. The first kappa shape index (κ1) is 22.7. The van der Waals surface area contributed by atoms with Gasteiger partial charge in [-0.15, -0.1) is 0 Å². The van der Waals surface area contributed by atoms with E-state index in [9.17, 15) is 19.6 Å². The van der Waals surface area contributed by atoms with E-state index in [0.29, 0.717) is 70.2 Å². The second-order valence-corrected chi connectivity index (χ2v) is 9.37. The summed E-state index contributed by atoms with van der Waals surface area (Å²) in [6.07, 6.45) is 0.634. The second-order valence-electron chi connectivity index (χ2n) is 9.37. The molecule has 1 aliphatic carbocycles. The topological polar surface area (TPSA) is 93.1 Å². The van der Waals surface area contributed by atoms with E-state index in [4.69, 9.17) is 9.47 Å². The van der Waals surface area contributed by atoms with Crippen LogP contribution < -0.4 is 4.74 Å². The molecule has 0 radical (unpaired) electrons. The van der Waals surface area contributed by atoms with Gasteiger partial charge < -0.3 is 14.4 Å². The van der Waals surface area contributed by atoms with Crippen LogP contribution in [0.1, 0.15) is 46.3 Å². The molecule has 1 unspecified atom stereocenters. The van der Waals surface area contributed by atoms with Gasteiger partial charge in [-0.05, 0) is 24.1 Å². The van der Waals surface area contributed by atoms with E-state index in [2.05, 4.69) is 0 Å². The van der Waals surface area contributed by atoms with Gasteiger partial charge in [0.15, 0.2) is 5.78 Å². The molecule has 0 bridgehead atoms. The predicted molar refractivity (Wildman–Crippen MR) is 121 cm³/mol. The Morgan fingerprint density at radius 3 is 2.50 bits per heavy atom. The standard InChI is InChI=1S/C26H29N2O6/c29-20-8-9-23(24(30)14-20)27-15-22-21(26(27)31)2-1-3-25(22)34-17-19-6-4-18(5-7-19)16-28(32)10-12-33-13-11-28/h1-7,23,32H,8-17H2/q+1. The summed E-state index contributed by atoms with van der Waals surface area (Å²) < 4.78 is 11.4. The Kier molecular flexibility index (Phi) is 6.20. The van der Waals surface area contributed by atoms with Gasteiger partial charge in [-0.25, -0.2) is 5.21 Å². The first-order valence-corrected chi connectivity index (χ1v) is 11.8. The van der Waals surface area contributed by atoms with Crippen LogP contribution in [0.15, 0.2) is 42.5 Å². The molecule has 2 aliphatic heterocycles. The second kappa shape index (κ2) is 9.29. The zero-order valence-electron chi connectivity index (χ0n) is 19.1. The maximum Gasteiger partial charge on any atom is 0.255 e. The molecule has 5 rings (SSSR count). The van der Waals surface area contributed by atoms with Gasteiger partial charge in [0.05, 0.1) is 32.2 Å². The quantitative estimate of drug-likeness (QED) is 0.521. The zero-order valence-corrected chi connectivity index (χ0v) is 19.1. The van der Waals surface area contributed by atoms with Crippen LogP contribution in [0.5, 0.6) is 5.75 Å². The van der Waals surface area contributed by atoms with Crippen molar-refractivity contribution >= 4 is 17.5 Å². The van der Waals surface area contributed by atoms with E-state index >= 15 is 0 Å². The van der Waals surface area contributed by atoms with Crippen molar-refractivity contribution in [2.24, 2.45) is 0 Å². The Hall–Kier alpha value is -3.07. The molecule has 2 aromatic rings. The van der Waals surface area contributed by atoms with Crippen molar-refractivity contribution in [2.45, 2.75) is 45.0 Å². The Labute approximate surface area is 198 Å². The third-order valence-corrected chi connectivity index (χ3v) is 6.97. The maximum atomic E-state index is 13.0. The summed E-state index contributed by atoms with van der Waals surface area (Å²) >= 11 is 0. The van der Waals surface area contributed by atoms with Crippen molar-refractivity contribution < 1.29 is 33.7 Å². The van der Waals surface area contributed by atoms with Gasteiger partial charge in [0.25, 0.3) is 5.91 Å². The van der Waals surface area contributed by atoms with E-state index in [1.54, 1.807) is 17.0 Å². The van der Waals surface area contributed by atoms with Gasteiger partial charge in [0, 0.05) is 23.1 Å². The van der Waals surface area contributed by atoms with Gasteiger partial charge in [-0.3, -0.25) is 14.4 Å². The largest absolute Gasteiger partial charge is 0.489 e. The lowest BCUT2D eigenvalue weighted by Crippen LogP contribution is -2.51. The lowest BCUT2D eigenvalue weighted by Gasteiger charge is -2.33. The number of nitrogens with zero attached hydrogens (tertiary/aromatic N) is 2. The molecule has 1 saturated heterocycles. The molecule has 3 aliphatic rings. The number of ether oxygens (including phenoxy) is 2. The molecule has 0 spiro atoms. The molecule has 8 nitrogen and oxygen atoms in total. The van der Waals surface area contributed by atoms with Crippen molar-refractivity contribution in [1.29, 1.82) is 0 Å². The fraction of sp³-hybridized carbons (Fsp3) is 0.423. The molecule has 2 aromatic carbocycles. The number of rotatable bonds is 6. The minimum Gasteiger partial charge on any atom is -0.489 e. The number of amides is 1. The SMILES string of the molecule is O=C1CCC(N2Cc3c(OCc4ccc(C[N+]5(O)CCOCC5)cc4)cccc3C2=O)C(=O)C1. The number of hydroxylamine groups is 3. The summed E-state index contributed by atoms with van der Waals surface area (Å²) in [4.78, 5) is 38.5. The number of hydrogen-bond donors (Lipinski definition) is 1. The average Bonchev–Trinajstić information content (AvgIpc) is 3.16. The van der Waals surface area contributed by atoms with Crippen molar-refractivity contribution in [3.8, 4) is 5.75 Å². The van der Waals surface area contributed by atoms with Crippen LogP contribution in [0.2, 0.25) is 0 Å².